The maximum Gasteiger partial charge on any atom is 0.243 e. The summed E-state index contributed by atoms with van der Waals surface area (Å²) in [5, 5.41) is 8.05. The van der Waals surface area contributed by atoms with Gasteiger partial charge in [-0.05, 0) is 50.7 Å². The van der Waals surface area contributed by atoms with E-state index in [0.717, 1.165) is 11.3 Å². The number of piperidine rings is 1. The van der Waals surface area contributed by atoms with Gasteiger partial charge in [0.1, 0.15) is 6.04 Å². The number of hydrogen-bond donors (Lipinski definition) is 3. The number of nitrogens with zero attached hydrogens (tertiary/aromatic N) is 1. The average Bonchev–Trinajstić information content (AvgIpc) is 2.91. The Morgan fingerprint density at radius 2 is 2.25 bits per heavy atom. The van der Waals surface area contributed by atoms with Crippen molar-refractivity contribution in [3.05, 3.63) is 21.9 Å². The lowest BCUT2D eigenvalue weighted by atomic mass is 9.99. The molecule has 1 aromatic heterocycles. The number of fused-ring (bicyclic) bond motifs is 1. The molecule has 1 saturated heterocycles. The third-order valence-electron chi connectivity index (χ3n) is 5.28. The summed E-state index contributed by atoms with van der Waals surface area (Å²) in [6, 6.07) is 1.76. The van der Waals surface area contributed by atoms with E-state index in [4.69, 9.17) is 5.73 Å². The highest BCUT2D eigenvalue weighted by Gasteiger charge is 2.66. The van der Waals surface area contributed by atoms with Gasteiger partial charge >= 0.3 is 0 Å². The highest BCUT2D eigenvalue weighted by atomic mass is 32.1. The third-order valence-corrected chi connectivity index (χ3v) is 6.51. The first-order chi connectivity index (χ1) is 11.4. The van der Waals surface area contributed by atoms with Crippen molar-refractivity contribution in [1.82, 2.24) is 15.5 Å². The Labute approximate surface area is 146 Å². The fraction of sp³-hybridized carbons (Fsp3) is 0.647. The summed E-state index contributed by atoms with van der Waals surface area (Å²) in [5.74, 6) is -0.0897. The number of hydrogen-bond acceptors (Lipinski definition) is 5. The number of nitrogens with two attached hydrogens (primary N) is 1. The molecule has 2 heterocycles. The number of likely N-dealkylation sites (N-methyl/N-ethyl adjacent to an activating group) is 1. The second kappa shape index (κ2) is 6.46. The van der Waals surface area contributed by atoms with Crippen molar-refractivity contribution in [3.63, 3.8) is 0 Å². The number of likely N-dealkylation sites (tertiary alicyclic amines) is 1. The van der Waals surface area contributed by atoms with Crippen LogP contribution in [0.4, 0.5) is 0 Å². The highest BCUT2D eigenvalue weighted by Crippen LogP contribution is 2.58. The van der Waals surface area contributed by atoms with Crippen molar-refractivity contribution < 1.29 is 9.59 Å². The van der Waals surface area contributed by atoms with Crippen molar-refractivity contribution in [2.45, 2.75) is 44.8 Å². The van der Waals surface area contributed by atoms with E-state index >= 15 is 0 Å². The van der Waals surface area contributed by atoms with Gasteiger partial charge in [-0.15, -0.1) is 11.3 Å². The number of carbonyl (C=O) groups is 2. The number of amides is 2. The highest BCUT2D eigenvalue weighted by molar-refractivity contribution is 7.10. The van der Waals surface area contributed by atoms with E-state index in [-0.39, 0.29) is 35.9 Å². The van der Waals surface area contributed by atoms with E-state index in [0.29, 0.717) is 13.0 Å². The van der Waals surface area contributed by atoms with Gasteiger partial charge in [-0.2, -0.15) is 0 Å². The molecule has 7 heteroatoms. The fourth-order valence-electron chi connectivity index (χ4n) is 3.81. The minimum atomic E-state index is -0.406. The summed E-state index contributed by atoms with van der Waals surface area (Å²) in [6.07, 6.45) is 1.59. The van der Waals surface area contributed by atoms with Crippen molar-refractivity contribution in [2.75, 3.05) is 20.1 Å². The van der Waals surface area contributed by atoms with E-state index in [1.807, 2.05) is 13.8 Å². The van der Waals surface area contributed by atoms with Gasteiger partial charge in [-0.25, -0.2) is 0 Å². The molecule has 3 rings (SSSR count). The van der Waals surface area contributed by atoms with Gasteiger partial charge in [0, 0.05) is 22.9 Å². The molecular weight excluding hydrogens is 324 g/mol. The summed E-state index contributed by atoms with van der Waals surface area (Å²) < 4.78 is 0. The van der Waals surface area contributed by atoms with Gasteiger partial charge in [-0.1, -0.05) is 0 Å². The molecule has 0 aromatic carbocycles. The average molecular weight is 350 g/mol. The molecule has 1 aliphatic carbocycles. The largest absolute Gasteiger partial charge is 0.347 e. The SMILES string of the molecule is CNCC(=O)N1C(C(=O)N[C@H](C)c2cc(C)cs2)C[C@]2(CN)CC12. The lowest BCUT2D eigenvalue weighted by Gasteiger charge is -2.28. The van der Waals surface area contributed by atoms with Gasteiger partial charge < -0.3 is 21.3 Å². The molecule has 6 nitrogen and oxygen atoms in total. The number of rotatable bonds is 6. The Bertz CT molecular complexity index is 646. The maximum absolute atomic E-state index is 12.8. The minimum Gasteiger partial charge on any atom is -0.347 e. The first-order valence-corrected chi connectivity index (χ1v) is 9.31. The number of aryl methyl sites for hydroxylation is 1. The fourth-order valence-corrected chi connectivity index (χ4v) is 4.72. The molecule has 24 heavy (non-hydrogen) atoms. The maximum atomic E-state index is 12.8. The third kappa shape index (κ3) is 2.96. The molecule has 2 amide bonds. The van der Waals surface area contributed by atoms with Gasteiger partial charge in [0.2, 0.25) is 11.8 Å². The molecule has 0 bridgehead atoms. The Balaban J connectivity index is 1.71. The van der Waals surface area contributed by atoms with Crippen LogP contribution in [0.15, 0.2) is 11.4 Å². The van der Waals surface area contributed by atoms with Gasteiger partial charge in [0.25, 0.3) is 0 Å². The number of thiophene rings is 1. The molecule has 2 fully saturated rings. The standard InChI is InChI=1S/C17H26N4O2S/c1-10-4-13(24-8-10)11(2)20-16(23)12-5-17(9-18)6-14(17)21(12)15(22)7-19-3/h4,8,11-12,14,19H,5-7,9,18H2,1-3H3,(H,20,23)/t11-,12?,14?,17-/m1/s1. The zero-order chi connectivity index (χ0) is 17.5. The normalized spacial score (nSPS) is 29.2. The van der Waals surface area contributed by atoms with Crippen molar-refractivity contribution in [3.8, 4) is 0 Å². The smallest absolute Gasteiger partial charge is 0.243 e. The molecule has 2 aliphatic rings. The molecular formula is C17H26N4O2S. The summed E-state index contributed by atoms with van der Waals surface area (Å²) in [6.45, 7) is 4.81. The quantitative estimate of drug-likeness (QED) is 0.707. The molecule has 132 valence electrons. The molecule has 1 aromatic rings. The van der Waals surface area contributed by atoms with E-state index in [1.54, 1.807) is 23.3 Å². The van der Waals surface area contributed by atoms with Crippen LogP contribution in [0, 0.1) is 12.3 Å². The first-order valence-electron chi connectivity index (χ1n) is 8.43. The topological polar surface area (TPSA) is 87.5 Å². The van der Waals surface area contributed by atoms with E-state index in [1.165, 1.54) is 5.56 Å². The first kappa shape index (κ1) is 17.4. The van der Waals surface area contributed by atoms with Crippen LogP contribution in [-0.2, 0) is 9.59 Å². The van der Waals surface area contributed by atoms with Crippen LogP contribution in [0.25, 0.3) is 0 Å². The van der Waals surface area contributed by atoms with E-state index < -0.39 is 6.04 Å². The van der Waals surface area contributed by atoms with E-state index in [9.17, 15) is 9.59 Å². The summed E-state index contributed by atoms with van der Waals surface area (Å²) in [4.78, 5) is 28.2. The second-order valence-corrected chi connectivity index (χ2v) is 8.04. The van der Waals surface area contributed by atoms with Gasteiger partial charge in [0.05, 0.1) is 12.6 Å². The Hall–Kier alpha value is -1.44. The van der Waals surface area contributed by atoms with Gasteiger partial charge in [0.15, 0.2) is 0 Å². The molecule has 0 spiro atoms. The lowest BCUT2D eigenvalue weighted by molar-refractivity contribution is -0.139. The summed E-state index contributed by atoms with van der Waals surface area (Å²) in [7, 11) is 1.74. The van der Waals surface area contributed by atoms with Crippen molar-refractivity contribution >= 4 is 23.2 Å². The molecule has 4 N–H and O–H groups in total. The Morgan fingerprint density at radius 1 is 1.50 bits per heavy atom. The van der Waals surface area contributed by atoms with Crippen molar-refractivity contribution in [1.29, 1.82) is 0 Å². The number of carbonyl (C=O) groups excluding carboxylic acids is 2. The van der Waals surface area contributed by atoms with Crippen molar-refractivity contribution in [2.24, 2.45) is 11.1 Å². The van der Waals surface area contributed by atoms with Gasteiger partial charge in [-0.3, -0.25) is 9.59 Å². The zero-order valence-electron chi connectivity index (χ0n) is 14.5. The van der Waals surface area contributed by atoms with Crippen LogP contribution in [0.5, 0.6) is 0 Å². The van der Waals surface area contributed by atoms with Crippen LogP contribution >= 0.6 is 11.3 Å². The second-order valence-electron chi connectivity index (χ2n) is 7.09. The molecule has 0 radical (unpaired) electrons. The van der Waals surface area contributed by atoms with Crippen LogP contribution in [0.3, 0.4) is 0 Å². The van der Waals surface area contributed by atoms with E-state index in [2.05, 4.69) is 22.1 Å². The number of nitrogens with one attached hydrogen (secondary N) is 2. The summed E-state index contributed by atoms with van der Waals surface area (Å²) in [5.41, 5.74) is 7.07. The molecule has 1 aliphatic heterocycles. The zero-order valence-corrected chi connectivity index (χ0v) is 15.3. The lowest BCUT2D eigenvalue weighted by Crippen LogP contribution is -2.50. The van der Waals surface area contributed by atoms with Crippen LogP contribution in [0.2, 0.25) is 0 Å². The molecule has 1 saturated carbocycles. The Kier molecular flexibility index (Phi) is 4.68. The van der Waals surface area contributed by atoms with Crippen LogP contribution in [0.1, 0.15) is 36.2 Å². The predicted molar refractivity (Wildman–Crippen MR) is 94.7 cm³/mol. The monoisotopic (exact) mass is 350 g/mol. The predicted octanol–water partition coefficient (Wildman–Crippen LogP) is 0.771. The van der Waals surface area contributed by atoms with Crippen LogP contribution < -0.4 is 16.4 Å². The molecule has 4 atom stereocenters. The van der Waals surface area contributed by atoms with Crippen LogP contribution in [-0.4, -0.2) is 48.9 Å². The minimum absolute atomic E-state index is 0.0184. The molecule has 2 unspecified atom stereocenters. The summed E-state index contributed by atoms with van der Waals surface area (Å²) >= 11 is 1.65. The Morgan fingerprint density at radius 3 is 2.83 bits per heavy atom.